The Labute approximate surface area is 115 Å². The van der Waals surface area contributed by atoms with Crippen LogP contribution in [0.1, 0.15) is 0 Å². The molecule has 17 heavy (non-hydrogen) atoms. The van der Waals surface area contributed by atoms with Gasteiger partial charge in [-0.15, -0.1) is 0 Å². The van der Waals surface area contributed by atoms with E-state index in [4.69, 9.17) is 5.84 Å². The van der Waals surface area contributed by atoms with Crippen LogP contribution in [0.4, 0.5) is 17.3 Å². The summed E-state index contributed by atoms with van der Waals surface area (Å²) >= 11 is 6.92. The van der Waals surface area contributed by atoms with Crippen molar-refractivity contribution in [3.63, 3.8) is 0 Å². The number of benzene rings is 1. The van der Waals surface area contributed by atoms with Crippen LogP contribution in [0.25, 0.3) is 0 Å². The number of nitrogens with two attached hydrogens (primary N) is 1. The minimum absolute atomic E-state index is 0.498. The highest BCUT2D eigenvalue weighted by Crippen LogP contribution is 2.32. The highest BCUT2D eigenvalue weighted by molar-refractivity contribution is 9.11. The van der Waals surface area contributed by atoms with E-state index in [1.807, 2.05) is 18.2 Å². The van der Waals surface area contributed by atoms with Crippen LogP contribution in [0.2, 0.25) is 0 Å². The number of nitrogen functional groups attached to an aromatic ring is 1. The van der Waals surface area contributed by atoms with Gasteiger partial charge in [0.15, 0.2) is 11.6 Å². The van der Waals surface area contributed by atoms with Gasteiger partial charge in [0.1, 0.15) is 0 Å². The van der Waals surface area contributed by atoms with E-state index >= 15 is 0 Å². The number of nitrogens with one attached hydrogen (secondary N) is 2. The number of rotatable bonds is 3. The molecular formula is C10H9Br2N5. The number of aromatic nitrogens is 2. The van der Waals surface area contributed by atoms with Crippen molar-refractivity contribution in [1.29, 1.82) is 0 Å². The molecule has 0 amide bonds. The molecule has 0 saturated heterocycles. The summed E-state index contributed by atoms with van der Waals surface area (Å²) in [7, 11) is 0. The van der Waals surface area contributed by atoms with Crippen LogP contribution in [-0.2, 0) is 0 Å². The predicted molar refractivity (Wildman–Crippen MR) is 75.0 cm³/mol. The summed E-state index contributed by atoms with van der Waals surface area (Å²) in [5.74, 6) is 6.38. The average molecular weight is 359 g/mol. The van der Waals surface area contributed by atoms with Gasteiger partial charge in [-0.05, 0) is 44.0 Å². The topological polar surface area (TPSA) is 75.9 Å². The zero-order valence-corrected chi connectivity index (χ0v) is 11.8. The van der Waals surface area contributed by atoms with Gasteiger partial charge in [-0.2, -0.15) is 0 Å². The molecule has 4 N–H and O–H groups in total. The Balaban J connectivity index is 2.31. The van der Waals surface area contributed by atoms with Crippen LogP contribution >= 0.6 is 31.9 Å². The summed E-state index contributed by atoms with van der Waals surface area (Å²) < 4.78 is 1.86. The van der Waals surface area contributed by atoms with Crippen molar-refractivity contribution >= 4 is 49.2 Å². The Morgan fingerprint density at radius 3 is 2.35 bits per heavy atom. The molecule has 1 heterocycles. The fraction of sp³-hybridized carbons (Fsp3) is 0. The second-order valence-electron chi connectivity index (χ2n) is 3.16. The number of para-hydroxylation sites is 1. The summed E-state index contributed by atoms with van der Waals surface area (Å²) in [4.78, 5) is 8.23. The van der Waals surface area contributed by atoms with E-state index in [2.05, 4.69) is 52.6 Å². The first-order valence-corrected chi connectivity index (χ1v) is 6.29. The Hall–Kier alpha value is -1.18. The van der Waals surface area contributed by atoms with Crippen LogP contribution in [0, 0.1) is 0 Å². The van der Waals surface area contributed by atoms with Gasteiger partial charge in [0, 0.05) is 8.95 Å². The first kappa shape index (κ1) is 12.3. The lowest BCUT2D eigenvalue weighted by atomic mass is 10.3. The van der Waals surface area contributed by atoms with Gasteiger partial charge in [-0.1, -0.05) is 6.07 Å². The second-order valence-corrected chi connectivity index (χ2v) is 4.86. The molecule has 0 unspecified atom stereocenters. The van der Waals surface area contributed by atoms with E-state index in [1.165, 1.54) is 0 Å². The predicted octanol–water partition coefficient (Wildman–Crippen LogP) is 3.03. The van der Waals surface area contributed by atoms with Crippen molar-refractivity contribution in [2.45, 2.75) is 0 Å². The average Bonchev–Trinajstić information content (AvgIpc) is 2.34. The standard InChI is InChI=1S/C10H9Br2N5/c11-6-2-1-3-7(12)10(6)16-8-4-14-5-9(15-8)17-13/h1-5H,13H2,(H2,15,16,17). The van der Waals surface area contributed by atoms with Crippen LogP contribution in [-0.4, -0.2) is 9.97 Å². The minimum Gasteiger partial charge on any atom is -0.337 e. The third kappa shape index (κ3) is 2.93. The fourth-order valence-electron chi connectivity index (χ4n) is 1.24. The smallest absolute Gasteiger partial charge is 0.160 e. The lowest BCUT2D eigenvalue weighted by molar-refractivity contribution is 1.16. The molecule has 0 spiro atoms. The molecule has 0 aliphatic carbocycles. The van der Waals surface area contributed by atoms with Crippen LogP contribution in [0.15, 0.2) is 39.5 Å². The van der Waals surface area contributed by atoms with Crippen molar-refractivity contribution in [2.24, 2.45) is 5.84 Å². The quantitative estimate of drug-likeness (QED) is 0.580. The van der Waals surface area contributed by atoms with Crippen molar-refractivity contribution in [3.05, 3.63) is 39.5 Å². The SMILES string of the molecule is NNc1cncc(Nc2c(Br)cccc2Br)n1. The third-order valence-electron chi connectivity index (χ3n) is 2.00. The van der Waals surface area contributed by atoms with Crippen molar-refractivity contribution in [2.75, 3.05) is 10.7 Å². The molecule has 88 valence electrons. The van der Waals surface area contributed by atoms with Crippen LogP contribution in [0.3, 0.4) is 0 Å². The van der Waals surface area contributed by atoms with Crippen molar-refractivity contribution < 1.29 is 0 Å². The summed E-state index contributed by atoms with van der Waals surface area (Å²) in [5, 5.41) is 3.15. The lowest BCUT2D eigenvalue weighted by Crippen LogP contribution is -2.09. The zero-order valence-electron chi connectivity index (χ0n) is 8.61. The Morgan fingerprint density at radius 2 is 1.71 bits per heavy atom. The van der Waals surface area contributed by atoms with E-state index in [1.54, 1.807) is 12.4 Å². The van der Waals surface area contributed by atoms with Gasteiger partial charge in [-0.25, -0.2) is 10.8 Å². The molecule has 0 radical (unpaired) electrons. The maximum absolute atomic E-state index is 5.27. The highest BCUT2D eigenvalue weighted by atomic mass is 79.9. The van der Waals surface area contributed by atoms with Gasteiger partial charge in [-0.3, -0.25) is 4.98 Å². The summed E-state index contributed by atoms with van der Waals surface area (Å²) in [6.07, 6.45) is 3.16. The minimum atomic E-state index is 0.498. The largest absolute Gasteiger partial charge is 0.337 e. The molecule has 5 nitrogen and oxygen atoms in total. The van der Waals surface area contributed by atoms with Crippen molar-refractivity contribution in [1.82, 2.24) is 9.97 Å². The molecule has 1 aromatic carbocycles. The molecule has 0 bridgehead atoms. The molecule has 0 fully saturated rings. The Kier molecular flexibility index (Phi) is 3.93. The summed E-state index contributed by atoms with van der Waals surface area (Å²) in [6.45, 7) is 0. The van der Waals surface area contributed by atoms with Gasteiger partial charge >= 0.3 is 0 Å². The van der Waals surface area contributed by atoms with Crippen LogP contribution < -0.4 is 16.6 Å². The van der Waals surface area contributed by atoms with Gasteiger partial charge in [0.25, 0.3) is 0 Å². The van der Waals surface area contributed by atoms with E-state index in [0.717, 1.165) is 14.6 Å². The molecule has 0 aliphatic heterocycles. The molecule has 0 saturated carbocycles. The van der Waals surface area contributed by atoms with Gasteiger partial charge in [0.2, 0.25) is 0 Å². The van der Waals surface area contributed by atoms with Crippen LogP contribution in [0.5, 0.6) is 0 Å². The number of hydrazine groups is 1. The molecule has 1 aromatic heterocycles. The van der Waals surface area contributed by atoms with E-state index in [9.17, 15) is 0 Å². The third-order valence-corrected chi connectivity index (χ3v) is 3.32. The maximum Gasteiger partial charge on any atom is 0.160 e. The van der Waals surface area contributed by atoms with Gasteiger partial charge in [0.05, 0.1) is 18.1 Å². The van der Waals surface area contributed by atoms with E-state index < -0.39 is 0 Å². The molecular weight excluding hydrogens is 350 g/mol. The van der Waals surface area contributed by atoms with Gasteiger partial charge < -0.3 is 10.7 Å². The number of anilines is 3. The molecule has 0 atom stereocenters. The second kappa shape index (κ2) is 5.44. The Morgan fingerprint density at radius 1 is 1.06 bits per heavy atom. The maximum atomic E-state index is 5.27. The first-order valence-electron chi connectivity index (χ1n) is 4.70. The van der Waals surface area contributed by atoms with E-state index in [-0.39, 0.29) is 0 Å². The number of halogens is 2. The number of hydrogen-bond acceptors (Lipinski definition) is 5. The summed E-state index contributed by atoms with van der Waals surface area (Å²) in [6, 6.07) is 5.81. The molecule has 7 heteroatoms. The number of hydrogen-bond donors (Lipinski definition) is 3. The highest BCUT2D eigenvalue weighted by Gasteiger charge is 2.06. The number of nitrogens with zero attached hydrogens (tertiary/aromatic N) is 2. The first-order chi connectivity index (χ1) is 8.20. The molecule has 2 aromatic rings. The van der Waals surface area contributed by atoms with Crippen molar-refractivity contribution in [3.8, 4) is 0 Å². The molecule has 0 aliphatic rings. The Bertz CT molecular complexity index is 512. The molecule has 2 rings (SSSR count). The normalized spacial score (nSPS) is 10.1. The van der Waals surface area contributed by atoms with E-state index in [0.29, 0.717) is 11.6 Å². The monoisotopic (exact) mass is 357 g/mol. The summed E-state index contributed by atoms with van der Waals surface area (Å²) in [5.41, 5.74) is 3.33. The lowest BCUT2D eigenvalue weighted by Gasteiger charge is -2.10. The fourth-order valence-corrected chi connectivity index (χ4v) is 2.44. The zero-order chi connectivity index (χ0) is 12.3.